The number of para-hydroxylation sites is 1. The Labute approximate surface area is 206 Å². The molecule has 0 aliphatic carbocycles. The van der Waals surface area contributed by atoms with Crippen molar-refractivity contribution in [3.05, 3.63) is 65.4 Å². The molecule has 4 heterocycles. The molecule has 34 heavy (non-hydrogen) atoms. The van der Waals surface area contributed by atoms with Gasteiger partial charge in [-0.25, -0.2) is 9.97 Å². The fourth-order valence-electron chi connectivity index (χ4n) is 4.64. The molecular weight excluding hydrogens is 470 g/mol. The van der Waals surface area contributed by atoms with Gasteiger partial charge in [-0.3, -0.25) is 4.79 Å². The number of halogens is 1. The average Bonchev–Trinajstić information content (AvgIpc) is 3.32. The normalized spacial score (nSPS) is 17.7. The minimum atomic E-state index is -0.396. The number of H-pyrrole nitrogens is 1. The van der Waals surface area contributed by atoms with Gasteiger partial charge in [-0.15, -0.1) is 11.8 Å². The lowest BCUT2D eigenvalue weighted by molar-refractivity contribution is -0.122. The van der Waals surface area contributed by atoms with Crippen LogP contribution < -0.4 is 9.80 Å². The number of hydrogen-bond acceptors (Lipinski definition) is 6. The SMILES string of the molecule is CSc1ccc(CN2C(=O)C3COCCN3c3nc(-c4c[nH]c5c(Cl)cccc45)ncc32)cc1. The highest BCUT2D eigenvalue weighted by molar-refractivity contribution is 7.98. The van der Waals surface area contributed by atoms with E-state index in [2.05, 4.69) is 39.1 Å². The predicted octanol–water partition coefficient (Wildman–Crippen LogP) is 4.75. The smallest absolute Gasteiger partial charge is 0.252 e. The second-order valence-corrected chi connectivity index (χ2v) is 9.61. The van der Waals surface area contributed by atoms with Gasteiger partial charge >= 0.3 is 0 Å². The zero-order chi connectivity index (χ0) is 23.2. The summed E-state index contributed by atoms with van der Waals surface area (Å²) in [6.45, 7) is 1.97. The molecule has 2 aliphatic rings. The van der Waals surface area contributed by atoms with Crippen LogP contribution in [-0.4, -0.2) is 52.9 Å². The molecule has 9 heteroatoms. The van der Waals surface area contributed by atoms with Crippen molar-refractivity contribution in [3.8, 4) is 11.4 Å². The van der Waals surface area contributed by atoms with Crippen LogP contribution in [0.15, 0.2) is 59.8 Å². The molecule has 2 aromatic heterocycles. The van der Waals surface area contributed by atoms with Gasteiger partial charge in [0.25, 0.3) is 5.91 Å². The molecule has 0 bridgehead atoms. The van der Waals surface area contributed by atoms with Crippen molar-refractivity contribution in [2.24, 2.45) is 0 Å². The Balaban J connectivity index is 1.44. The molecule has 7 nitrogen and oxygen atoms in total. The number of fused-ring (bicyclic) bond motifs is 4. The first-order chi connectivity index (χ1) is 16.6. The van der Waals surface area contributed by atoms with Crippen molar-refractivity contribution in [2.75, 3.05) is 35.8 Å². The highest BCUT2D eigenvalue weighted by Gasteiger charge is 2.41. The van der Waals surface area contributed by atoms with Gasteiger partial charge in [0.05, 0.1) is 36.5 Å². The molecule has 1 fully saturated rings. The summed E-state index contributed by atoms with van der Waals surface area (Å²) in [5.74, 6) is 1.36. The summed E-state index contributed by atoms with van der Waals surface area (Å²) in [5.41, 5.74) is 3.51. The first-order valence-electron chi connectivity index (χ1n) is 11.1. The summed E-state index contributed by atoms with van der Waals surface area (Å²) in [5, 5.41) is 1.61. The quantitative estimate of drug-likeness (QED) is 0.415. The van der Waals surface area contributed by atoms with E-state index in [9.17, 15) is 4.79 Å². The summed E-state index contributed by atoms with van der Waals surface area (Å²) in [4.78, 5) is 31.4. The number of thioether (sulfide) groups is 1. The number of ether oxygens (including phenoxy) is 1. The molecule has 2 aliphatic heterocycles. The summed E-state index contributed by atoms with van der Waals surface area (Å²) >= 11 is 8.05. The molecule has 4 aromatic rings. The van der Waals surface area contributed by atoms with E-state index < -0.39 is 6.04 Å². The topological polar surface area (TPSA) is 74.3 Å². The number of aromatic amines is 1. The molecule has 172 valence electrons. The zero-order valence-electron chi connectivity index (χ0n) is 18.5. The fourth-order valence-corrected chi connectivity index (χ4v) is 5.27. The number of rotatable bonds is 4. The first kappa shape index (κ1) is 21.5. The molecule has 0 radical (unpaired) electrons. The van der Waals surface area contributed by atoms with Crippen molar-refractivity contribution in [1.29, 1.82) is 0 Å². The van der Waals surface area contributed by atoms with E-state index in [0.29, 0.717) is 37.2 Å². The first-order valence-corrected chi connectivity index (χ1v) is 12.7. The fraction of sp³-hybridized carbons (Fsp3) is 0.240. The number of nitrogens with one attached hydrogen (secondary N) is 1. The van der Waals surface area contributed by atoms with Crippen LogP contribution >= 0.6 is 23.4 Å². The number of carbonyl (C=O) groups excluding carboxylic acids is 1. The Hall–Kier alpha value is -3.07. The van der Waals surface area contributed by atoms with E-state index in [0.717, 1.165) is 33.5 Å². The molecule has 0 spiro atoms. The van der Waals surface area contributed by atoms with Crippen molar-refractivity contribution in [3.63, 3.8) is 0 Å². The van der Waals surface area contributed by atoms with Gasteiger partial charge in [-0.2, -0.15) is 0 Å². The predicted molar refractivity (Wildman–Crippen MR) is 136 cm³/mol. The van der Waals surface area contributed by atoms with E-state index in [1.165, 1.54) is 4.90 Å². The van der Waals surface area contributed by atoms with Crippen molar-refractivity contribution < 1.29 is 9.53 Å². The summed E-state index contributed by atoms with van der Waals surface area (Å²) in [7, 11) is 0. The number of morpholine rings is 1. The molecule has 1 amide bonds. The van der Waals surface area contributed by atoms with Crippen LogP contribution in [-0.2, 0) is 16.1 Å². The molecule has 0 saturated carbocycles. The second kappa shape index (κ2) is 8.61. The standard InChI is InChI=1S/C25H22ClN5O2S/c1-34-16-7-5-15(6-8-16)13-31-20-12-28-23(18-11-27-22-17(18)3-2-4-19(22)26)29-24(20)30-9-10-33-14-21(30)25(31)32/h2-8,11-12,21,27H,9-10,13-14H2,1H3. The largest absolute Gasteiger partial charge is 0.377 e. The van der Waals surface area contributed by atoms with E-state index in [1.807, 2.05) is 30.7 Å². The molecular formula is C25H22ClN5O2S. The van der Waals surface area contributed by atoms with Gasteiger partial charge in [0.2, 0.25) is 0 Å². The number of benzene rings is 2. The lowest BCUT2D eigenvalue weighted by atomic mass is 10.1. The van der Waals surface area contributed by atoms with Gasteiger partial charge in [0.1, 0.15) is 11.7 Å². The van der Waals surface area contributed by atoms with Crippen LogP contribution in [0.25, 0.3) is 22.3 Å². The lowest BCUT2D eigenvalue weighted by Gasteiger charge is -2.43. The van der Waals surface area contributed by atoms with Crippen LogP contribution in [0.5, 0.6) is 0 Å². The highest BCUT2D eigenvalue weighted by Crippen LogP contribution is 2.39. The summed E-state index contributed by atoms with van der Waals surface area (Å²) < 4.78 is 5.67. The maximum Gasteiger partial charge on any atom is 0.252 e. The highest BCUT2D eigenvalue weighted by atomic mass is 35.5. The Morgan fingerprint density at radius 1 is 1.24 bits per heavy atom. The lowest BCUT2D eigenvalue weighted by Crippen LogP contribution is -2.58. The number of anilines is 2. The molecule has 6 rings (SSSR count). The Morgan fingerprint density at radius 3 is 2.91 bits per heavy atom. The third kappa shape index (κ3) is 3.53. The second-order valence-electron chi connectivity index (χ2n) is 8.32. The molecule has 1 unspecified atom stereocenters. The van der Waals surface area contributed by atoms with Gasteiger partial charge in [-0.05, 0) is 30.0 Å². The Kier molecular flexibility index (Phi) is 5.44. The van der Waals surface area contributed by atoms with Gasteiger partial charge < -0.3 is 19.5 Å². The number of carbonyl (C=O) groups is 1. The minimum absolute atomic E-state index is 0.0105. The molecule has 1 saturated heterocycles. The number of amides is 1. The van der Waals surface area contributed by atoms with Crippen molar-refractivity contribution in [1.82, 2.24) is 15.0 Å². The van der Waals surface area contributed by atoms with Crippen molar-refractivity contribution in [2.45, 2.75) is 17.5 Å². The van der Waals surface area contributed by atoms with Gasteiger partial charge in [-0.1, -0.05) is 35.9 Å². The van der Waals surface area contributed by atoms with Crippen molar-refractivity contribution >= 4 is 51.7 Å². The third-order valence-corrected chi connectivity index (χ3v) is 7.46. The number of hydrogen-bond donors (Lipinski definition) is 1. The van der Waals surface area contributed by atoms with Crippen LogP contribution in [0.4, 0.5) is 11.5 Å². The average molecular weight is 492 g/mol. The minimum Gasteiger partial charge on any atom is -0.377 e. The van der Waals surface area contributed by atoms with E-state index in [4.69, 9.17) is 21.3 Å². The Morgan fingerprint density at radius 2 is 2.09 bits per heavy atom. The van der Waals surface area contributed by atoms with E-state index in [-0.39, 0.29) is 5.91 Å². The molecule has 2 aromatic carbocycles. The third-order valence-electron chi connectivity index (χ3n) is 6.40. The monoisotopic (exact) mass is 491 g/mol. The van der Waals surface area contributed by atoms with E-state index >= 15 is 0 Å². The maximum absolute atomic E-state index is 13.5. The van der Waals surface area contributed by atoms with Crippen LogP contribution in [0.2, 0.25) is 5.02 Å². The summed E-state index contributed by atoms with van der Waals surface area (Å²) in [6, 6.07) is 13.7. The number of nitrogens with zero attached hydrogens (tertiary/aromatic N) is 4. The van der Waals surface area contributed by atoms with Gasteiger partial charge in [0, 0.05) is 28.6 Å². The van der Waals surface area contributed by atoms with Gasteiger partial charge in [0.15, 0.2) is 11.6 Å². The molecule has 1 atom stereocenters. The van der Waals surface area contributed by atoms with Crippen LogP contribution in [0, 0.1) is 0 Å². The van der Waals surface area contributed by atoms with E-state index in [1.54, 1.807) is 22.9 Å². The van der Waals surface area contributed by atoms with Crippen LogP contribution in [0.1, 0.15) is 5.56 Å². The van der Waals surface area contributed by atoms with Crippen LogP contribution in [0.3, 0.4) is 0 Å². The Bertz CT molecular complexity index is 1390. The zero-order valence-corrected chi connectivity index (χ0v) is 20.1. The number of aromatic nitrogens is 3. The molecule has 1 N–H and O–H groups in total. The summed E-state index contributed by atoms with van der Waals surface area (Å²) in [6.07, 6.45) is 5.70. The maximum atomic E-state index is 13.5.